The van der Waals surface area contributed by atoms with E-state index in [1.807, 2.05) is 62.4 Å². The van der Waals surface area contributed by atoms with Gasteiger partial charge in [-0.1, -0.05) is 59.7 Å². The van der Waals surface area contributed by atoms with Crippen molar-refractivity contribution in [2.24, 2.45) is 0 Å². The SMILES string of the molecule is CC(=O)N1[C@@H](C(=O)NCc2ccc(C)cc2)CS[C@@H]1c1ccc(C)cc1. The fourth-order valence-electron chi connectivity index (χ4n) is 3.09. The zero-order valence-electron chi connectivity index (χ0n) is 15.4. The number of hydrogen-bond donors (Lipinski definition) is 1. The molecule has 0 saturated carbocycles. The number of nitrogens with one attached hydrogen (secondary N) is 1. The Morgan fingerprint density at radius 3 is 2.19 bits per heavy atom. The summed E-state index contributed by atoms with van der Waals surface area (Å²) in [6, 6.07) is 15.8. The van der Waals surface area contributed by atoms with E-state index in [1.54, 1.807) is 16.7 Å². The second-order valence-electron chi connectivity index (χ2n) is 6.74. The van der Waals surface area contributed by atoms with Crippen LogP contribution in [0, 0.1) is 13.8 Å². The number of thioether (sulfide) groups is 1. The van der Waals surface area contributed by atoms with E-state index in [-0.39, 0.29) is 17.2 Å². The Morgan fingerprint density at radius 1 is 1.04 bits per heavy atom. The van der Waals surface area contributed by atoms with E-state index in [0.717, 1.165) is 11.1 Å². The Bertz CT molecular complexity index is 787. The predicted molar refractivity (Wildman–Crippen MR) is 106 cm³/mol. The van der Waals surface area contributed by atoms with Crippen LogP contribution in [0.5, 0.6) is 0 Å². The third kappa shape index (κ3) is 4.10. The monoisotopic (exact) mass is 368 g/mol. The van der Waals surface area contributed by atoms with Crippen LogP contribution in [-0.4, -0.2) is 28.5 Å². The first-order chi connectivity index (χ1) is 12.5. The lowest BCUT2D eigenvalue weighted by Crippen LogP contribution is -2.47. The van der Waals surface area contributed by atoms with Crippen molar-refractivity contribution in [3.8, 4) is 0 Å². The lowest BCUT2D eigenvalue weighted by atomic mass is 10.1. The highest BCUT2D eigenvalue weighted by Gasteiger charge is 2.40. The number of hydrogen-bond acceptors (Lipinski definition) is 3. The van der Waals surface area contributed by atoms with Gasteiger partial charge in [0.25, 0.3) is 0 Å². The molecule has 2 amide bonds. The number of amides is 2. The summed E-state index contributed by atoms with van der Waals surface area (Å²) in [4.78, 5) is 26.7. The van der Waals surface area contributed by atoms with Gasteiger partial charge in [-0.05, 0) is 25.0 Å². The molecule has 2 aromatic carbocycles. The highest BCUT2D eigenvalue weighted by molar-refractivity contribution is 7.99. The van der Waals surface area contributed by atoms with Crippen LogP contribution in [-0.2, 0) is 16.1 Å². The Kier molecular flexibility index (Phi) is 5.67. The van der Waals surface area contributed by atoms with Gasteiger partial charge in [0.15, 0.2) is 0 Å². The predicted octanol–water partition coefficient (Wildman–Crippen LogP) is 3.58. The third-order valence-electron chi connectivity index (χ3n) is 4.62. The van der Waals surface area contributed by atoms with Crippen LogP contribution in [0.3, 0.4) is 0 Å². The van der Waals surface area contributed by atoms with Crippen LogP contribution >= 0.6 is 11.8 Å². The molecular weight excluding hydrogens is 344 g/mol. The number of carbonyl (C=O) groups excluding carboxylic acids is 2. The number of rotatable bonds is 4. The molecule has 2 atom stereocenters. The fraction of sp³-hybridized carbons (Fsp3) is 0.333. The molecule has 3 rings (SSSR count). The van der Waals surface area contributed by atoms with E-state index in [9.17, 15) is 9.59 Å². The van der Waals surface area contributed by atoms with E-state index < -0.39 is 6.04 Å². The molecule has 26 heavy (non-hydrogen) atoms. The van der Waals surface area contributed by atoms with Gasteiger partial charge in [-0.3, -0.25) is 9.59 Å². The second kappa shape index (κ2) is 7.96. The molecule has 1 aliphatic rings. The van der Waals surface area contributed by atoms with Crippen LogP contribution < -0.4 is 5.32 Å². The molecule has 0 spiro atoms. The van der Waals surface area contributed by atoms with Crippen molar-refractivity contribution in [1.82, 2.24) is 10.2 Å². The highest BCUT2D eigenvalue weighted by atomic mass is 32.2. The molecule has 1 saturated heterocycles. The Labute approximate surface area is 159 Å². The van der Waals surface area contributed by atoms with Crippen LogP contribution in [0.1, 0.15) is 34.6 Å². The van der Waals surface area contributed by atoms with Gasteiger partial charge < -0.3 is 10.2 Å². The topological polar surface area (TPSA) is 49.4 Å². The van der Waals surface area contributed by atoms with E-state index in [4.69, 9.17) is 0 Å². The van der Waals surface area contributed by atoms with Crippen molar-refractivity contribution in [2.45, 2.75) is 38.7 Å². The van der Waals surface area contributed by atoms with Crippen molar-refractivity contribution in [1.29, 1.82) is 0 Å². The molecule has 0 aromatic heterocycles. The second-order valence-corrected chi connectivity index (χ2v) is 7.86. The maximum atomic E-state index is 12.7. The fourth-order valence-corrected chi connectivity index (χ4v) is 4.58. The summed E-state index contributed by atoms with van der Waals surface area (Å²) in [5, 5.41) is 2.87. The van der Waals surface area contributed by atoms with Gasteiger partial charge in [0.1, 0.15) is 11.4 Å². The van der Waals surface area contributed by atoms with Gasteiger partial charge in [0, 0.05) is 19.2 Å². The first-order valence-electron chi connectivity index (χ1n) is 8.76. The number of carbonyl (C=O) groups is 2. The van der Waals surface area contributed by atoms with Gasteiger partial charge >= 0.3 is 0 Å². The standard InChI is InChI=1S/C21H24N2O2S/c1-14-4-8-17(9-5-14)12-22-20(25)19-13-26-21(23(19)16(3)24)18-10-6-15(2)7-11-18/h4-11,19,21H,12-13H2,1-3H3,(H,22,25)/t19-,21-/m1/s1. The average Bonchev–Trinajstić information content (AvgIpc) is 3.07. The first-order valence-corrected chi connectivity index (χ1v) is 9.81. The van der Waals surface area contributed by atoms with E-state index in [2.05, 4.69) is 5.32 Å². The summed E-state index contributed by atoms with van der Waals surface area (Å²) in [6.07, 6.45) is 0. The van der Waals surface area contributed by atoms with Crippen molar-refractivity contribution < 1.29 is 9.59 Å². The Morgan fingerprint density at radius 2 is 1.62 bits per heavy atom. The van der Waals surface area contributed by atoms with Crippen LogP contribution in [0.4, 0.5) is 0 Å². The zero-order valence-corrected chi connectivity index (χ0v) is 16.2. The minimum Gasteiger partial charge on any atom is -0.350 e. The van der Waals surface area contributed by atoms with Crippen molar-refractivity contribution in [3.63, 3.8) is 0 Å². The molecule has 136 valence electrons. The molecule has 2 aromatic rings. The van der Waals surface area contributed by atoms with Crippen molar-refractivity contribution in [2.75, 3.05) is 5.75 Å². The molecule has 0 bridgehead atoms. The molecule has 1 N–H and O–H groups in total. The smallest absolute Gasteiger partial charge is 0.243 e. The quantitative estimate of drug-likeness (QED) is 0.897. The summed E-state index contributed by atoms with van der Waals surface area (Å²) in [5.41, 5.74) is 4.48. The van der Waals surface area contributed by atoms with Gasteiger partial charge in [-0.15, -0.1) is 11.8 Å². The Hall–Kier alpha value is -2.27. The van der Waals surface area contributed by atoms with E-state index >= 15 is 0 Å². The summed E-state index contributed by atoms with van der Waals surface area (Å²) in [7, 11) is 0. The number of benzene rings is 2. The normalized spacial score (nSPS) is 19.4. The van der Waals surface area contributed by atoms with Crippen LogP contribution in [0.15, 0.2) is 48.5 Å². The number of nitrogens with zero attached hydrogens (tertiary/aromatic N) is 1. The molecule has 4 nitrogen and oxygen atoms in total. The third-order valence-corrected chi connectivity index (χ3v) is 5.94. The minimum atomic E-state index is -0.436. The van der Waals surface area contributed by atoms with E-state index in [0.29, 0.717) is 12.3 Å². The highest BCUT2D eigenvalue weighted by Crippen LogP contribution is 2.41. The zero-order chi connectivity index (χ0) is 18.7. The Balaban J connectivity index is 1.70. The van der Waals surface area contributed by atoms with Crippen molar-refractivity contribution in [3.05, 3.63) is 70.8 Å². The van der Waals surface area contributed by atoms with Crippen molar-refractivity contribution >= 4 is 23.6 Å². The molecule has 1 aliphatic heterocycles. The lowest BCUT2D eigenvalue weighted by molar-refractivity contribution is -0.138. The molecule has 5 heteroatoms. The molecule has 0 radical (unpaired) electrons. The molecule has 1 fully saturated rings. The van der Waals surface area contributed by atoms with Crippen LogP contribution in [0.2, 0.25) is 0 Å². The molecular formula is C21H24N2O2S. The molecule has 1 heterocycles. The van der Waals surface area contributed by atoms with Gasteiger partial charge in [0.05, 0.1) is 0 Å². The summed E-state index contributed by atoms with van der Waals surface area (Å²) >= 11 is 1.64. The lowest BCUT2D eigenvalue weighted by Gasteiger charge is -2.28. The van der Waals surface area contributed by atoms with Crippen LogP contribution in [0.25, 0.3) is 0 Å². The summed E-state index contributed by atoms with van der Waals surface area (Å²) in [6.45, 7) is 6.08. The van der Waals surface area contributed by atoms with Gasteiger partial charge in [0.2, 0.25) is 11.8 Å². The number of aryl methyl sites for hydroxylation is 2. The summed E-state index contributed by atoms with van der Waals surface area (Å²) < 4.78 is 0. The summed E-state index contributed by atoms with van der Waals surface area (Å²) in [5.74, 6) is 0.441. The maximum absolute atomic E-state index is 12.7. The van der Waals surface area contributed by atoms with Gasteiger partial charge in [-0.25, -0.2) is 0 Å². The molecule has 0 aliphatic carbocycles. The minimum absolute atomic E-state index is 0.0731. The van der Waals surface area contributed by atoms with E-state index in [1.165, 1.54) is 18.1 Å². The van der Waals surface area contributed by atoms with Gasteiger partial charge in [-0.2, -0.15) is 0 Å². The maximum Gasteiger partial charge on any atom is 0.243 e. The average molecular weight is 369 g/mol. The first kappa shape index (κ1) is 18.5. The largest absolute Gasteiger partial charge is 0.350 e. The molecule has 0 unspecified atom stereocenters.